The number of piperidine rings is 1. The van der Waals surface area contributed by atoms with Crippen molar-refractivity contribution in [3.8, 4) is 0 Å². The Kier molecular flexibility index (Phi) is 5.27. The molecule has 0 aliphatic carbocycles. The van der Waals surface area contributed by atoms with Crippen LogP contribution in [0.25, 0.3) is 0 Å². The van der Waals surface area contributed by atoms with E-state index in [0.29, 0.717) is 23.2 Å². The summed E-state index contributed by atoms with van der Waals surface area (Å²) in [4.78, 5) is 5.97. The molecule has 4 nitrogen and oxygen atoms in total. The lowest BCUT2D eigenvalue weighted by Gasteiger charge is -2.31. The fourth-order valence-corrected chi connectivity index (χ4v) is 3.41. The molecule has 0 unspecified atom stereocenters. The van der Waals surface area contributed by atoms with Gasteiger partial charge in [-0.1, -0.05) is 15.9 Å². The summed E-state index contributed by atoms with van der Waals surface area (Å²) in [5.41, 5.74) is 1.86. The van der Waals surface area contributed by atoms with E-state index in [4.69, 9.17) is 4.42 Å². The van der Waals surface area contributed by atoms with Gasteiger partial charge in [-0.2, -0.15) is 0 Å². The van der Waals surface area contributed by atoms with Gasteiger partial charge in [0.2, 0.25) is 0 Å². The van der Waals surface area contributed by atoms with Crippen LogP contribution in [0.3, 0.4) is 0 Å². The molecule has 1 aliphatic rings. The quantitative estimate of drug-likeness (QED) is 0.789. The number of aromatic nitrogens is 1. The zero-order valence-electron chi connectivity index (χ0n) is 12.6. The Hall–Kier alpha value is -1.47. The molecule has 3 rings (SSSR count). The Morgan fingerprint density at radius 3 is 2.70 bits per heavy atom. The van der Waals surface area contributed by atoms with E-state index in [-0.39, 0.29) is 0 Å². The highest BCUT2D eigenvalue weighted by Crippen LogP contribution is 2.34. The number of anilines is 1. The van der Waals surface area contributed by atoms with Crippen LogP contribution in [0.5, 0.6) is 0 Å². The minimum absolute atomic E-state index is 0.365. The molecule has 1 aliphatic heterocycles. The number of benzene rings is 1. The van der Waals surface area contributed by atoms with Gasteiger partial charge in [0.15, 0.2) is 18.0 Å². The molecule has 124 valence electrons. The van der Waals surface area contributed by atoms with Crippen LogP contribution in [0.4, 0.5) is 14.5 Å². The van der Waals surface area contributed by atoms with Gasteiger partial charge in [-0.3, -0.25) is 0 Å². The third-order valence-corrected chi connectivity index (χ3v) is 4.72. The average molecular weight is 386 g/mol. The van der Waals surface area contributed by atoms with Gasteiger partial charge in [0, 0.05) is 36.2 Å². The molecule has 1 fully saturated rings. The predicted octanol–water partition coefficient (Wildman–Crippen LogP) is 4.00. The molecule has 0 saturated carbocycles. The van der Waals surface area contributed by atoms with Gasteiger partial charge in [0.05, 0.1) is 11.4 Å². The molecule has 0 radical (unpaired) electrons. The van der Waals surface area contributed by atoms with Crippen LogP contribution in [0.1, 0.15) is 30.5 Å². The van der Waals surface area contributed by atoms with Crippen molar-refractivity contribution in [2.75, 3.05) is 18.0 Å². The maximum absolute atomic E-state index is 14.4. The largest absolute Gasteiger partial charge is 0.451 e. The van der Waals surface area contributed by atoms with Gasteiger partial charge in [-0.25, -0.2) is 13.8 Å². The summed E-state index contributed by atoms with van der Waals surface area (Å²) in [5.74, 6) is -1.59. The molecule has 1 N–H and O–H groups in total. The lowest BCUT2D eigenvalue weighted by atomic mass is 10.1. The van der Waals surface area contributed by atoms with Gasteiger partial charge < -0.3 is 14.6 Å². The van der Waals surface area contributed by atoms with Crippen molar-refractivity contribution in [2.24, 2.45) is 0 Å². The summed E-state index contributed by atoms with van der Waals surface area (Å²) in [6.07, 6.45) is 6.05. The zero-order valence-corrected chi connectivity index (χ0v) is 14.2. The van der Waals surface area contributed by atoms with Crippen LogP contribution in [-0.2, 0) is 13.1 Å². The first-order chi connectivity index (χ1) is 11.2. The Labute approximate surface area is 142 Å². The number of nitrogens with one attached hydrogen (secondary N) is 1. The number of nitrogens with zero attached hydrogens (tertiary/aromatic N) is 2. The Morgan fingerprint density at radius 1 is 1.22 bits per heavy atom. The number of oxazole rings is 1. The first-order valence-corrected chi connectivity index (χ1v) is 8.45. The highest BCUT2D eigenvalue weighted by atomic mass is 79.9. The highest BCUT2D eigenvalue weighted by molar-refractivity contribution is 9.10. The van der Waals surface area contributed by atoms with Crippen LogP contribution in [0.15, 0.2) is 27.6 Å². The third kappa shape index (κ3) is 3.72. The second-order valence-electron chi connectivity index (χ2n) is 5.61. The monoisotopic (exact) mass is 385 g/mol. The fraction of sp³-hybridized carbons (Fsp3) is 0.438. The van der Waals surface area contributed by atoms with Gasteiger partial charge in [0.1, 0.15) is 6.26 Å². The van der Waals surface area contributed by atoms with Crippen molar-refractivity contribution in [1.82, 2.24) is 10.3 Å². The van der Waals surface area contributed by atoms with Crippen LogP contribution in [0.2, 0.25) is 0 Å². The second-order valence-corrected chi connectivity index (χ2v) is 6.47. The number of halogens is 3. The van der Waals surface area contributed by atoms with Crippen molar-refractivity contribution in [2.45, 2.75) is 32.4 Å². The topological polar surface area (TPSA) is 41.3 Å². The van der Waals surface area contributed by atoms with Crippen molar-refractivity contribution in [3.05, 3.63) is 46.1 Å². The summed E-state index contributed by atoms with van der Waals surface area (Å²) in [6, 6.07) is 1.19. The van der Waals surface area contributed by atoms with E-state index in [1.54, 1.807) is 6.26 Å². The fourth-order valence-electron chi connectivity index (χ4n) is 2.88. The molecule has 1 saturated heterocycles. The molecule has 0 spiro atoms. The molecular weight excluding hydrogens is 368 g/mol. The normalized spacial score (nSPS) is 15.2. The Bertz CT molecular complexity index is 658. The van der Waals surface area contributed by atoms with Crippen LogP contribution in [0, 0.1) is 11.6 Å². The minimum atomic E-state index is -0.822. The van der Waals surface area contributed by atoms with Gasteiger partial charge in [-0.05, 0) is 25.3 Å². The first kappa shape index (κ1) is 16.4. The SMILES string of the molecule is Fc1cc(Br)c(CNCc2cocn2)c(N2CCCCC2)c1F. The maximum Gasteiger partial charge on any atom is 0.182 e. The van der Waals surface area contributed by atoms with Crippen molar-refractivity contribution in [1.29, 1.82) is 0 Å². The van der Waals surface area contributed by atoms with Crippen LogP contribution < -0.4 is 10.2 Å². The van der Waals surface area contributed by atoms with E-state index in [2.05, 4.69) is 26.2 Å². The Morgan fingerprint density at radius 2 is 2.00 bits per heavy atom. The molecule has 0 amide bonds. The molecular formula is C16H18BrF2N3O. The summed E-state index contributed by atoms with van der Waals surface area (Å²) in [5, 5.41) is 3.20. The summed E-state index contributed by atoms with van der Waals surface area (Å²) in [7, 11) is 0. The predicted molar refractivity (Wildman–Crippen MR) is 87.2 cm³/mol. The van der Waals surface area contributed by atoms with E-state index < -0.39 is 11.6 Å². The van der Waals surface area contributed by atoms with E-state index >= 15 is 0 Å². The number of rotatable bonds is 5. The van der Waals surface area contributed by atoms with Crippen LogP contribution >= 0.6 is 15.9 Å². The van der Waals surface area contributed by atoms with Gasteiger partial charge in [-0.15, -0.1) is 0 Å². The third-order valence-electron chi connectivity index (χ3n) is 4.01. The summed E-state index contributed by atoms with van der Waals surface area (Å²) >= 11 is 3.37. The smallest absolute Gasteiger partial charge is 0.182 e. The highest BCUT2D eigenvalue weighted by Gasteiger charge is 2.23. The number of hydrogen-bond donors (Lipinski definition) is 1. The lowest BCUT2D eigenvalue weighted by molar-refractivity contribution is 0.492. The first-order valence-electron chi connectivity index (χ1n) is 7.66. The summed E-state index contributed by atoms with van der Waals surface area (Å²) < 4.78 is 33.8. The minimum Gasteiger partial charge on any atom is -0.451 e. The van der Waals surface area contributed by atoms with Crippen LogP contribution in [-0.4, -0.2) is 18.1 Å². The van der Waals surface area contributed by atoms with Crippen molar-refractivity contribution in [3.63, 3.8) is 0 Å². The van der Waals surface area contributed by atoms with E-state index in [9.17, 15) is 8.78 Å². The maximum atomic E-state index is 14.4. The van der Waals surface area contributed by atoms with E-state index in [1.807, 2.05) is 4.90 Å². The molecule has 0 bridgehead atoms. The second kappa shape index (κ2) is 7.40. The van der Waals surface area contributed by atoms with E-state index in [0.717, 1.165) is 43.6 Å². The average Bonchev–Trinajstić information content (AvgIpc) is 3.06. The number of hydrogen-bond acceptors (Lipinski definition) is 4. The van der Waals surface area contributed by atoms with Gasteiger partial charge >= 0.3 is 0 Å². The van der Waals surface area contributed by atoms with Gasteiger partial charge in [0.25, 0.3) is 0 Å². The molecule has 1 aromatic heterocycles. The molecule has 1 aromatic carbocycles. The molecule has 23 heavy (non-hydrogen) atoms. The van der Waals surface area contributed by atoms with E-state index in [1.165, 1.54) is 12.5 Å². The molecule has 2 heterocycles. The summed E-state index contributed by atoms with van der Waals surface area (Å²) in [6.45, 7) is 2.42. The Balaban J connectivity index is 1.83. The standard InChI is InChI=1S/C16H18BrF2N3O/c17-13-6-14(18)15(19)16(22-4-2-1-3-5-22)12(13)8-20-7-11-9-23-10-21-11/h6,9-10,20H,1-5,7-8H2. The molecule has 2 aromatic rings. The zero-order chi connectivity index (χ0) is 16.2. The van der Waals surface area contributed by atoms with Crippen molar-refractivity contribution >= 4 is 21.6 Å². The lowest BCUT2D eigenvalue weighted by Crippen LogP contribution is -2.32. The molecule has 7 heteroatoms. The molecule has 0 atom stereocenters. The van der Waals surface area contributed by atoms with Crippen molar-refractivity contribution < 1.29 is 13.2 Å².